The largest absolute Gasteiger partial charge is 0.480 e. The van der Waals surface area contributed by atoms with Gasteiger partial charge in [-0.15, -0.1) is 0 Å². The van der Waals surface area contributed by atoms with Crippen LogP contribution < -0.4 is 21.7 Å². The summed E-state index contributed by atoms with van der Waals surface area (Å²) in [5, 5.41) is 18.4. The van der Waals surface area contributed by atoms with Crippen molar-refractivity contribution in [1.29, 1.82) is 0 Å². The molecule has 0 saturated carbocycles. The molecule has 2 aromatic rings. The molecule has 0 fully saturated rings. The monoisotopic (exact) mass is 491 g/mol. The lowest BCUT2D eigenvalue weighted by Crippen LogP contribution is -2.58. The molecule has 0 spiro atoms. The van der Waals surface area contributed by atoms with Gasteiger partial charge >= 0.3 is 5.97 Å². The van der Waals surface area contributed by atoms with Crippen LogP contribution in [0.2, 0.25) is 0 Å². The molecule has 0 saturated heterocycles. The van der Waals surface area contributed by atoms with Crippen molar-refractivity contribution in [2.45, 2.75) is 44.8 Å². The van der Waals surface area contributed by atoms with E-state index in [9.17, 15) is 24.3 Å². The standard InChI is InChI=1S/C23H33N5O5S/c1-13(2)20(28-21(30)17(8-9-34-3)26-19(29)11-24)22(31)27-18(23(32)33)10-14-12-25-16-7-5-4-6-15(14)16/h4-7,12-13,17-18,20,25H,8-11,24H2,1-3H3,(H,26,29)(H,27,31)(H,28,30)(H,32,33). The third kappa shape index (κ3) is 7.49. The second-order valence-corrected chi connectivity index (χ2v) is 9.28. The average Bonchev–Trinajstić information content (AvgIpc) is 3.21. The average molecular weight is 492 g/mol. The van der Waals surface area contributed by atoms with Crippen LogP contribution in [-0.4, -0.2) is 70.5 Å². The van der Waals surface area contributed by atoms with Crippen LogP contribution in [0.5, 0.6) is 0 Å². The number of aromatic amines is 1. The number of thioether (sulfide) groups is 1. The van der Waals surface area contributed by atoms with E-state index < -0.39 is 41.8 Å². The highest BCUT2D eigenvalue weighted by atomic mass is 32.2. The Hall–Kier alpha value is -3.05. The van der Waals surface area contributed by atoms with Crippen LogP contribution in [0.15, 0.2) is 30.5 Å². The van der Waals surface area contributed by atoms with E-state index >= 15 is 0 Å². The highest BCUT2D eigenvalue weighted by Crippen LogP contribution is 2.19. The fourth-order valence-electron chi connectivity index (χ4n) is 3.53. The van der Waals surface area contributed by atoms with E-state index in [2.05, 4.69) is 20.9 Å². The van der Waals surface area contributed by atoms with Crippen molar-refractivity contribution in [3.05, 3.63) is 36.0 Å². The Morgan fingerprint density at radius 3 is 2.38 bits per heavy atom. The molecule has 10 nitrogen and oxygen atoms in total. The number of fused-ring (bicyclic) bond motifs is 1. The first-order chi connectivity index (χ1) is 16.2. The summed E-state index contributed by atoms with van der Waals surface area (Å²) in [6.45, 7) is 3.23. The molecule has 0 aliphatic heterocycles. The Morgan fingerprint density at radius 2 is 1.76 bits per heavy atom. The number of carboxylic acids is 1. The van der Waals surface area contributed by atoms with Crippen molar-refractivity contribution < 1.29 is 24.3 Å². The number of nitrogens with one attached hydrogen (secondary N) is 4. The summed E-state index contributed by atoms with van der Waals surface area (Å²) in [5.74, 6) is -2.49. The van der Waals surface area contributed by atoms with Gasteiger partial charge in [-0.05, 0) is 36.0 Å². The van der Waals surface area contributed by atoms with Gasteiger partial charge in [0.1, 0.15) is 18.1 Å². The zero-order valence-corrected chi connectivity index (χ0v) is 20.4. The molecule has 0 bridgehead atoms. The van der Waals surface area contributed by atoms with Gasteiger partial charge in [0, 0.05) is 23.5 Å². The van der Waals surface area contributed by atoms with E-state index in [0.29, 0.717) is 12.2 Å². The lowest BCUT2D eigenvalue weighted by Gasteiger charge is -2.26. The summed E-state index contributed by atoms with van der Waals surface area (Å²) >= 11 is 1.52. The van der Waals surface area contributed by atoms with Gasteiger partial charge in [-0.2, -0.15) is 11.8 Å². The number of carbonyl (C=O) groups excluding carboxylic acids is 3. The van der Waals surface area contributed by atoms with Crippen molar-refractivity contribution in [2.75, 3.05) is 18.6 Å². The van der Waals surface area contributed by atoms with Gasteiger partial charge in [0.15, 0.2) is 0 Å². The van der Waals surface area contributed by atoms with Gasteiger partial charge in [0.05, 0.1) is 6.54 Å². The highest BCUT2D eigenvalue weighted by molar-refractivity contribution is 7.98. The molecule has 0 radical (unpaired) electrons. The smallest absolute Gasteiger partial charge is 0.326 e. The van der Waals surface area contributed by atoms with Crippen molar-refractivity contribution in [3.63, 3.8) is 0 Å². The highest BCUT2D eigenvalue weighted by Gasteiger charge is 2.31. The quantitative estimate of drug-likeness (QED) is 0.239. The van der Waals surface area contributed by atoms with Crippen molar-refractivity contribution in [1.82, 2.24) is 20.9 Å². The lowest BCUT2D eigenvalue weighted by atomic mass is 10.0. The Labute approximate surface area is 202 Å². The van der Waals surface area contributed by atoms with E-state index in [1.165, 1.54) is 11.8 Å². The molecule has 3 amide bonds. The van der Waals surface area contributed by atoms with Gasteiger partial charge in [-0.1, -0.05) is 32.0 Å². The molecule has 0 aliphatic rings. The van der Waals surface area contributed by atoms with Crippen LogP contribution in [0.1, 0.15) is 25.8 Å². The number of benzene rings is 1. The molecule has 3 unspecified atom stereocenters. The number of para-hydroxylation sites is 1. The zero-order valence-electron chi connectivity index (χ0n) is 19.6. The zero-order chi connectivity index (χ0) is 25.3. The molecular weight excluding hydrogens is 458 g/mol. The third-order valence-corrected chi connectivity index (χ3v) is 6.05. The number of nitrogens with two attached hydrogens (primary N) is 1. The Bertz CT molecular complexity index is 1010. The van der Waals surface area contributed by atoms with E-state index in [1.54, 1.807) is 20.0 Å². The van der Waals surface area contributed by atoms with Crippen LogP contribution in [0, 0.1) is 5.92 Å². The predicted octanol–water partition coefficient (Wildman–Crippen LogP) is 0.617. The molecule has 186 valence electrons. The minimum Gasteiger partial charge on any atom is -0.480 e. The number of carbonyl (C=O) groups is 4. The van der Waals surface area contributed by atoms with E-state index in [-0.39, 0.29) is 18.9 Å². The molecule has 7 N–H and O–H groups in total. The SMILES string of the molecule is CSCCC(NC(=O)CN)C(=O)NC(C(=O)NC(Cc1c[nH]c2ccccc12)C(=O)O)C(C)C. The van der Waals surface area contributed by atoms with Crippen LogP contribution in [0.25, 0.3) is 10.9 Å². The molecule has 0 aliphatic carbocycles. The first-order valence-electron chi connectivity index (χ1n) is 11.0. The summed E-state index contributed by atoms with van der Waals surface area (Å²) in [6.07, 6.45) is 4.05. The third-order valence-electron chi connectivity index (χ3n) is 5.41. The van der Waals surface area contributed by atoms with Gasteiger partial charge in [-0.25, -0.2) is 4.79 Å². The van der Waals surface area contributed by atoms with Gasteiger partial charge in [0.2, 0.25) is 17.7 Å². The van der Waals surface area contributed by atoms with Crippen molar-refractivity contribution in [2.24, 2.45) is 11.7 Å². The van der Waals surface area contributed by atoms with Crippen molar-refractivity contribution >= 4 is 46.4 Å². The van der Waals surface area contributed by atoms with Crippen molar-refractivity contribution in [3.8, 4) is 0 Å². The van der Waals surface area contributed by atoms with Crippen LogP contribution >= 0.6 is 11.8 Å². The number of hydrogen-bond acceptors (Lipinski definition) is 6. The summed E-state index contributed by atoms with van der Waals surface area (Å²) in [7, 11) is 0. The fourth-order valence-corrected chi connectivity index (χ4v) is 4.00. The number of aromatic nitrogens is 1. The lowest BCUT2D eigenvalue weighted by molar-refractivity contribution is -0.142. The Balaban J connectivity index is 2.13. The number of H-pyrrole nitrogens is 1. The maximum Gasteiger partial charge on any atom is 0.326 e. The first-order valence-corrected chi connectivity index (χ1v) is 12.4. The molecule has 1 heterocycles. The topological polar surface area (TPSA) is 166 Å². The summed E-state index contributed by atoms with van der Waals surface area (Å²) in [5.41, 5.74) is 6.98. The molecular formula is C23H33N5O5S. The van der Waals surface area contributed by atoms with Gasteiger partial charge in [-0.3, -0.25) is 14.4 Å². The van der Waals surface area contributed by atoms with Gasteiger partial charge in [0.25, 0.3) is 0 Å². The first kappa shape index (κ1) is 27.2. The number of carboxylic acid groups (broad SMARTS) is 1. The van der Waals surface area contributed by atoms with Crippen LogP contribution in [0.3, 0.4) is 0 Å². The normalized spacial score (nSPS) is 13.8. The molecule has 1 aromatic carbocycles. The maximum absolute atomic E-state index is 13.0. The minimum absolute atomic E-state index is 0.0761. The molecule has 3 atom stereocenters. The Kier molecular flexibility index (Phi) is 10.4. The summed E-state index contributed by atoms with van der Waals surface area (Å²) in [4.78, 5) is 52.7. The summed E-state index contributed by atoms with van der Waals surface area (Å²) < 4.78 is 0. The predicted molar refractivity (Wildman–Crippen MR) is 132 cm³/mol. The molecule has 11 heteroatoms. The second-order valence-electron chi connectivity index (χ2n) is 8.30. The Morgan fingerprint density at radius 1 is 1.06 bits per heavy atom. The van der Waals surface area contributed by atoms with E-state index in [0.717, 1.165) is 16.5 Å². The van der Waals surface area contributed by atoms with E-state index in [1.807, 2.05) is 30.5 Å². The van der Waals surface area contributed by atoms with Crippen LogP contribution in [0.4, 0.5) is 0 Å². The minimum atomic E-state index is -1.19. The second kappa shape index (κ2) is 13.0. The molecule has 34 heavy (non-hydrogen) atoms. The van der Waals surface area contributed by atoms with Gasteiger partial charge < -0.3 is 31.8 Å². The molecule has 1 aromatic heterocycles. The number of rotatable bonds is 13. The number of hydrogen-bond donors (Lipinski definition) is 6. The summed E-state index contributed by atoms with van der Waals surface area (Å²) in [6, 6.07) is 4.47. The maximum atomic E-state index is 13.0. The molecule has 2 rings (SSSR count). The van der Waals surface area contributed by atoms with Crippen LogP contribution in [-0.2, 0) is 25.6 Å². The number of aliphatic carboxylic acids is 1. The fraction of sp³-hybridized carbons (Fsp3) is 0.478. The number of amides is 3. The van der Waals surface area contributed by atoms with E-state index in [4.69, 9.17) is 5.73 Å².